The molecule has 0 amide bonds. The summed E-state index contributed by atoms with van der Waals surface area (Å²) >= 11 is 0. The molecule has 1 N–H and O–H groups in total. The number of imidazole rings is 1. The SMILES string of the molecule is CCOc1nc([C@@H](CS(C)(=O)=O)n2c(=O)[nH]c3c(C)c(-c4cccc(C)c4C)cnc32)ccc1OC. The first-order valence-electron chi connectivity index (χ1n) is 11.6. The number of aromatic nitrogens is 4. The third-order valence-corrected chi connectivity index (χ3v) is 7.28. The van der Waals surface area contributed by atoms with Gasteiger partial charge in [-0.3, -0.25) is 4.57 Å². The van der Waals surface area contributed by atoms with Crippen molar-refractivity contribution in [3.8, 4) is 22.8 Å². The fraction of sp³-hybridized carbons (Fsp3) is 0.346. The van der Waals surface area contributed by atoms with E-state index in [4.69, 9.17) is 9.47 Å². The second kappa shape index (κ2) is 9.77. The lowest BCUT2D eigenvalue weighted by Gasteiger charge is -2.19. The third-order valence-electron chi connectivity index (χ3n) is 6.35. The van der Waals surface area contributed by atoms with Crippen molar-refractivity contribution >= 4 is 21.0 Å². The van der Waals surface area contributed by atoms with E-state index < -0.39 is 21.6 Å². The first kappa shape index (κ1) is 25.4. The van der Waals surface area contributed by atoms with Crippen LogP contribution in [0.15, 0.2) is 41.3 Å². The summed E-state index contributed by atoms with van der Waals surface area (Å²) in [5, 5.41) is 0. The molecule has 1 atom stereocenters. The maximum atomic E-state index is 13.3. The number of nitrogens with one attached hydrogen (secondary N) is 1. The Morgan fingerprint density at radius 3 is 2.50 bits per heavy atom. The second-order valence-corrected chi connectivity index (χ2v) is 11.0. The van der Waals surface area contributed by atoms with Gasteiger partial charge in [0.15, 0.2) is 11.4 Å². The molecule has 0 aliphatic heterocycles. The van der Waals surface area contributed by atoms with Gasteiger partial charge in [0.05, 0.1) is 36.7 Å². The van der Waals surface area contributed by atoms with Crippen molar-refractivity contribution in [3.05, 3.63) is 69.4 Å². The molecular weight excluding hydrogens is 480 g/mol. The normalized spacial score (nSPS) is 12.6. The van der Waals surface area contributed by atoms with Crippen LogP contribution in [-0.4, -0.2) is 53.7 Å². The monoisotopic (exact) mass is 510 g/mol. The molecule has 4 rings (SSSR count). The van der Waals surface area contributed by atoms with Crippen LogP contribution in [0.5, 0.6) is 11.6 Å². The van der Waals surface area contributed by atoms with Gasteiger partial charge >= 0.3 is 5.69 Å². The minimum atomic E-state index is -3.51. The van der Waals surface area contributed by atoms with Gasteiger partial charge in [0.2, 0.25) is 0 Å². The summed E-state index contributed by atoms with van der Waals surface area (Å²) in [5.74, 6) is 0.298. The van der Waals surface area contributed by atoms with Gasteiger partial charge in [-0.05, 0) is 62.1 Å². The van der Waals surface area contributed by atoms with Gasteiger partial charge in [-0.15, -0.1) is 0 Å². The van der Waals surface area contributed by atoms with Gasteiger partial charge in [0.25, 0.3) is 5.88 Å². The second-order valence-electron chi connectivity index (χ2n) is 8.83. The number of fused-ring (bicyclic) bond motifs is 1. The average Bonchev–Trinajstić information content (AvgIpc) is 3.16. The van der Waals surface area contributed by atoms with Crippen molar-refractivity contribution in [2.24, 2.45) is 0 Å². The van der Waals surface area contributed by atoms with Gasteiger partial charge < -0.3 is 14.5 Å². The molecule has 190 valence electrons. The van der Waals surface area contributed by atoms with E-state index in [1.165, 1.54) is 11.7 Å². The van der Waals surface area contributed by atoms with Gasteiger partial charge in [-0.25, -0.2) is 23.2 Å². The summed E-state index contributed by atoms with van der Waals surface area (Å²) in [6.07, 6.45) is 2.86. The van der Waals surface area contributed by atoms with E-state index in [2.05, 4.69) is 21.9 Å². The number of hydrogen-bond donors (Lipinski definition) is 1. The van der Waals surface area contributed by atoms with E-state index in [0.717, 1.165) is 34.1 Å². The molecule has 0 spiro atoms. The molecule has 0 fully saturated rings. The zero-order valence-corrected chi connectivity index (χ0v) is 22.1. The lowest BCUT2D eigenvalue weighted by atomic mass is 9.95. The highest BCUT2D eigenvalue weighted by atomic mass is 32.2. The van der Waals surface area contributed by atoms with Crippen molar-refractivity contribution in [2.45, 2.75) is 33.7 Å². The molecule has 3 heterocycles. The summed E-state index contributed by atoms with van der Waals surface area (Å²) in [4.78, 5) is 25.3. The van der Waals surface area contributed by atoms with Crippen molar-refractivity contribution in [1.82, 2.24) is 19.5 Å². The number of methoxy groups -OCH3 is 1. The van der Waals surface area contributed by atoms with Crippen LogP contribution in [0, 0.1) is 20.8 Å². The molecule has 0 saturated heterocycles. The Bertz CT molecular complexity index is 1600. The topological polar surface area (TPSA) is 116 Å². The molecule has 3 aromatic heterocycles. The highest BCUT2D eigenvalue weighted by Crippen LogP contribution is 2.33. The van der Waals surface area contributed by atoms with Crippen LogP contribution < -0.4 is 15.2 Å². The Labute approximate surface area is 210 Å². The Morgan fingerprint density at radius 2 is 1.83 bits per heavy atom. The smallest absolute Gasteiger partial charge is 0.328 e. The number of sulfone groups is 1. The van der Waals surface area contributed by atoms with Crippen LogP contribution in [0.2, 0.25) is 0 Å². The minimum Gasteiger partial charge on any atom is -0.491 e. The van der Waals surface area contributed by atoms with Crippen LogP contribution in [-0.2, 0) is 9.84 Å². The van der Waals surface area contributed by atoms with Crippen LogP contribution in [0.3, 0.4) is 0 Å². The zero-order chi connectivity index (χ0) is 26.2. The molecule has 0 unspecified atom stereocenters. The number of aryl methyl sites for hydroxylation is 2. The summed E-state index contributed by atoms with van der Waals surface area (Å²) in [7, 11) is -2.01. The summed E-state index contributed by atoms with van der Waals surface area (Å²) in [6, 6.07) is 8.43. The van der Waals surface area contributed by atoms with Crippen LogP contribution in [0.25, 0.3) is 22.3 Å². The molecule has 9 nitrogen and oxygen atoms in total. The quantitative estimate of drug-likeness (QED) is 0.384. The molecule has 4 aromatic rings. The average molecular weight is 511 g/mol. The zero-order valence-electron chi connectivity index (χ0n) is 21.2. The molecule has 1 aromatic carbocycles. The number of pyridine rings is 2. The lowest BCUT2D eigenvalue weighted by molar-refractivity contribution is 0.296. The molecule has 10 heteroatoms. The standard InChI is InChI=1S/C26H30N4O5S/c1-7-35-25-22(34-5)12-11-20(28-25)21(14-36(6,32)33)30-24-23(29-26(30)31)17(4)19(13-27-24)18-10-8-9-15(2)16(18)3/h8-13,21H,7,14H2,1-6H3,(H,29,31)/t21-/m1/s1. The van der Waals surface area contributed by atoms with Crippen LogP contribution in [0.1, 0.15) is 35.3 Å². The predicted octanol–water partition coefficient (Wildman–Crippen LogP) is 3.75. The van der Waals surface area contributed by atoms with Crippen molar-refractivity contribution in [3.63, 3.8) is 0 Å². The van der Waals surface area contributed by atoms with E-state index in [0.29, 0.717) is 29.2 Å². The number of nitrogens with zero attached hydrogens (tertiary/aromatic N) is 3. The van der Waals surface area contributed by atoms with E-state index in [9.17, 15) is 13.2 Å². The summed E-state index contributed by atoms with van der Waals surface area (Å²) in [5.41, 5.74) is 5.85. The van der Waals surface area contributed by atoms with E-state index in [-0.39, 0.29) is 11.6 Å². The Kier molecular flexibility index (Phi) is 6.90. The van der Waals surface area contributed by atoms with Crippen LogP contribution >= 0.6 is 0 Å². The molecule has 0 radical (unpaired) electrons. The third kappa shape index (κ3) is 4.73. The van der Waals surface area contributed by atoms with Gasteiger partial charge in [0.1, 0.15) is 9.84 Å². The van der Waals surface area contributed by atoms with E-state index in [1.54, 1.807) is 18.3 Å². The minimum absolute atomic E-state index is 0.227. The van der Waals surface area contributed by atoms with E-state index >= 15 is 0 Å². The Hall–Kier alpha value is -3.66. The molecule has 0 bridgehead atoms. The maximum absolute atomic E-state index is 13.3. The number of rotatable bonds is 8. The number of hydrogen-bond acceptors (Lipinski definition) is 7. The van der Waals surface area contributed by atoms with Gasteiger partial charge in [-0.1, -0.05) is 18.2 Å². The predicted molar refractivity (Wildman–Crippen MR) is 140 cm³/mol. The number of benzene rings is 1. The molecule has 36 heavy (non-hydrogen) atoms. The maximum Gasteiger partial charge on any atom is 0.328 e. The van der Waals surface area contributed by atoms with Crippen molar-refractivity contribution < 1.29 is 17.9 Å². The summed E-state index contributed by atoms with van der Waals surface area (Å²) < 4.78 is 37.1. The van der Waals surface area contributed by atoms with Gasteiger partial charge in [-0.2, -0.15) is 0 Å². The van der Waals surface area contributed by atoms with Crippen molar-refractivity contribution in [2.75, 3.05) is 25.7 Å². The fourth-order valence-corrected chi connectivity index (χ4v) is 5.28. The first-order valence-corrected chi connectivity index (χ1v) is 13.6. The Morgan fingerprint density at radius 1 is 1.08 bits per heavy atom. The number of ether oxygens (including phenoxy) is 2. The highest BCUT2D eigenvalue weighted by Gasteiger charge is 2.27. The fourth-order valence-electron chi connectivity index (χ4n) is 4.39. The van der Waals surface area contributed by atoms with Gasteiger partial charge in [0, 0.05) is 18.0 Å². The largest absolute Gasteiger partial charge is 0.491 e. The Balaban J connectivity index is 1.94. The van der Waals surface area contributed by atoms with Crippen molar-refractivity contribution in [1.29, 1.82) is 0 Å². The molecular formula is C26H30N4O5S. The molecule has 0 saturated carbocycles. The number of aromatic amines is 1. The molecule has 0 aliphatic carbocycles. The first-order chi connectivity index (χ1) is 17.1. The molecule has 0 aliphatic rings. The lowest BCUT2D eigenvalue weighted by Crippen LogP contribution is -2.29. The number of H-pyrrole nitrogens is 1. The van der Waals surface area contributed by atoms with Crippen LogP contribution in [0.4, 0.5) is 0 Å². The summed E-state index contributed by atoms with van der Waals surface area (Å²) in [6.45, 7) is 8.18. The highest BCUT2D eigenvalue weighted by molar-refractivity contribution is 7.90. The van der Waals surface area contributed by atoms with E-state index in [1.807, 2.05) is 39.0 Å².